The topological polar surface area (TPSA) is 50.8 Å². The lowest BCUT2D eigenvalue weighted by molar-refractivity contribution is 0.414. The zero-order valence-corrected chi connectivity index (χ0v) is 10.8. The zero-order chi connectivity index (χ0) is 12.7. The molecule has 1 aromatic rings. The molecule has 0 amide bonds. The van der Waals surface area contributed by atoms with Crippen LogP contribution < -0.4 is 10.5 Å². The van der Waals surface area contributed by atoms with Gasteiger partial charge in [-0.05, 0) is 31.5 Å². The second-order valence-corrected chi connectivity index (χ2v) is 3.69. The summed E-state index contributed by atoms with van der Waals surface area (Å²) in [7, 11) is 1.66. The van der Waals surface area contributed by atoms with E-state index in [4.69, 9.17) is 10.5 Å². The van der Waals surface area contributed by atoms with Gasteiger partial charge in [-0.3, -0.25) is 0 Å². The van der Waals surface area contributed by atoms with Crippen LogP contribution in [0.4, 0.5) is 0 Å². The van der Waals surface area contributed by atoms with Crippen LogP contribution in [0.2, 0.25) is 0 Å². The molecule has 4 nitrogen and oxygen atoms in total. The molecule has 0 aromatic heterocycles. The molecule has 0 aliphatic heterocycles. The number of methoxy groups -OCH3 is 1. The number of guanidine groups is 1. The van der Waals surface area contributed by atoms with Gasteiger partial charge in [0.1, 0.15) is 5.75 Å². The van der Waals surface area contributed by atoms with Crippen molar-refractivity contribution < 1.29 is 4.74 Å². The van der Waals surface area contributed by atoms with Gasteiger partial charge in [0.2, 0.25) is 0 Å². The highest BCUT2D eigenvalue weighted by atomic mass is 16.5. The lowest BCUT2D eigenvalue weighted by Gasteiger charge is -2.19. The highest BCUT2D eigenvalue weighted by Gasteiger charge is 2.01. The number of hydrogen-bond acceptors (Lipinski definition) is 2. The molecule has 94 valence electrons. The van der Waals surface area contributed by atoms with Crippen LogP contribution in [0.3, 0.4) is 0 Å². The molecule has 0 atom stereocenters. The second-order valence-electron chi connectivity index (χ2n) is 3.69. The summed E-state index contributed by atoms with van der Waals surface area (Å²) in [6, 6.07) is 7.85. The maximum absolute atomic E-state index is 5.89. The number of aliphatic imine (C=N–C) groups is 1. The Kier molecular flexibility index (Phi) is 5.33. The van der Waals surface area contributed by atoms with Gasteiger partial charge in [0.05, 0.1) is 13.7 Å². The molecule has 0 spiro atoms. The van der Waals surface area contributed by atoms with Crippen molar-refractivity contribution in [3.8, 4) is 5.75 Å². The minimum Gasteiger partial charge on any atom is -0.497 e. The number of ether oxygens (including phenoxy) is 1. The monoisotopic (exact) mass is 235 g/mol. The molecule has 1 aromatic carbocycles. The minimum absolute atomic E-state index is 0.603. The summed E-state index contributed by atoms with van der Waals surface area (Å²) >= 11 is 0. The normalized spacial score (nSPS) is 11.4. The number of nitrogens with zero attached hydrogens (tertiary/aromatic N) is 2. The molecule has 0 aliphatic carbocycles. The molecule has 0 fully saturated rings. The summed E-state index contributed by atoms with van der Waals surface area (Å²) in [5.74, 6) is 1.46. The number of benzene rings is 1. The highest BCUT2D eigenvalue weighted by molar-refractivity contribution is 5.77. The lowest BCUT2D eigenvalue weighted by atomic mass is 10.2. The van der Waals surface area contributed by atoms with Gasteiger partial charge in [0.15, 0.2) is 5.96 Å². The van der Waals surface area contributed by atoms with Gasteiger partial charge in [-0.25, -0.2) is 4.99 Å². The summed E-state index contributed by atoms with van der Waals surface area (Å²) in [5.41, 5.74) is 7.02. The van der Waals surface area contributed by atoms with E-state index >= 15 is 0 Å². The summed E-state index contributed by atoms with van der Waals surface area (Å²) in [6.07, 6.45) is 0. The molecule has 0 saturated carbocycles. The van der Waals surface area contributed by atoms with Gasteiger partial charge < -0.3 is 15.4 Å². The Hall–Kier alpha value is -1.71. The third-order valence-electron chi connectivity index (χ3n) is 2.67. The van der Waals surface area contributed by atoms with E-state index in [-0.39, 0.29) is 0 Å². The van der Waals surface area contributed by atoms with E-state index in [1.807, 2.05) is 29.2 Å². The molecular formula is C13H21N3O. The van der Waals surface area contributed by atoms with E-state index in [1.165, 1.54) is 0 Å². The van der Waals surface area contributed by atoms with Crippen LogP contribution in [0.15, 0.2) is 29.3 Å². The van der Waals surface area contributed by atoms with Crippen molar-refractivity contribution in [3.63, 3.8) is 0 Å². The van der Waals surface area contributed by atoms with E-state index in [0.29, 0.717) is 12.5 Å². The number of rotatable bonds is 5. The van der Waals surface area contributed by atoms with Crippen LogP contribution in [0, 0.1) is 0 Å². The Bertz CT molecular complexity index is 355. The molecule has 0 aliphatic rings. The van der Waals surface area contributed by atoms with E-state index < -0.39 is 0 Å². The molecule has 17 heavy (non-hydrogen) atoms. The molecule has 2 N–H and O–H groups in total. The largest absolute Gasteiger partial charge is 0.497 e. The lowest BCUT2D eigenvalue weighted by Crippen LogP contribution is -2.37. The van der Waals surface area contributed by atoms with Crippen LogP contribution in [0.5, 0.6) is 5.75 Å². The van der Waals surface area contributed by atoms with Gasteiger partial charge in [-0.1, -0.05) is 12.1 Å². The molecule has 0 radical (unpaired) electrons. The summed E-state index contributed by atoms with van der Waals surface area (Å²) in [5, 5.41) is 0. The first-order valence-electron chi connectivity index (χ1n) is 5.89. The van der Waals surface area contributed by atoms with Crippen LogP contribution in [0.25, 0.3) is 0 Å². The van der Waals surface area contributed by atoms with Gasteiger partial charge >= 0.3 is 0 Å². The van der Waals surface area contributed by atoms with Crippen LogP contribution in [0.1, 0.15) is 19.4 Å². The van der Waals surface area contributed by atoms with Crippen molar-refractivity contribution in [2.45, 2.75) is 20.4 Å². The SMILES string of the molecule is CCN(CC)C(N)=NCc1ccc(OC)cc1. The van der Waals surface area contributed by atoms with Gasteiger partial charge in [0.25, 0.3) is 0 Å². The molecule has 0 bridgehead atoms. The maximum Gasteiger partial charge on any atom is 0.191 e. The van der Waals surface area contributed by atoms with E-state index in [0.717, 1.165) is 24.4 Å². The van der Waals surface area contributed by atoms with Crippen molar-refractivity contribution in [2.75, 3.05) is 20.2 Å². The van der Waals surface area contributed by atoms with Crippen LogP contribution >= 0.6 is 0 Å². The Balaban J connectivity index is 2.61. The minimum atomic E-state index is 0.603. The van der Waals surface area contributed by atoms with Gasteiger partial charge in [-0.2, -0.15) is 0 Å². The van der Waals surface area contributed by atoms with Gasteiger partial charge in [0, 0.05) is 13.1 Å². The molecular weight excluding hydrogens is 214 g/mol. The molecule has 0 saturated heterocycles. The quantitative estimate of drug-likeness (QED) is 0.626. The first-order valence-corrected chi connectivity index (χ1v) is 5.89. The van der Waals surface area contributed by atoms with E-state index in [2.05, 4.69) is 18.8 Å². The fraction of sp³-hybridized carbons (Fsp3) is 0.462. The average Bonchev–Trinajstić information content (AvgIpc) is 2.38. The fourth-order valence-electron chi connectivity index (χ4n) is 1.55. The summed E-state index contributed by atoms with van der Waals surface area (Å²) in [6.45, 7) is 6.51. The Morgan fingerprint density at radius 2 is 1.82 bits per heavy atom. The summed E-state index contributed by atoms with van der Waals surface area (Å²) in [4.78, 5) is 6.40. The first-order chi connectivity index (χ1) is 8.21. The smallest absolute Gasteiger partial charge is 0.191 e. The van der Waals surface area contributed by atoms with Crippen LogP contribution in [-0.2, 0) is 6.54 Å². The van der Waals surface area contributed by atoms with Crippen LogP contribution in [-0.4, -0.2) is 31.1 Å². The van der Waals surface area contributed by atoms with Crippen molar-refractivity contribution in [2.24, 2.45) is 10.7 Å². The summed E-state index contributed by atoms with van der Waals surface area (Å²) < 4.78 is 5.10. The van der Waals surface area contributed by atoms with E-state index in [9.17, 15) is 0 Å². The Morgan fingerprint density at radius 1 is 1.24 bits per heavy atom. The third-order valence-corrected chi connectivity index (χ3v) is 2.67. The van der Waals surface area contributed by atoms with Gasteiger partial charge in [-0.15, -0.1) is 0 Å². The fourth-order valence-corrected chi connectivity index (χ4v) is 1.55. The predicted molar refractivity (Wildman–Crippen MR) is 71.2 cm³/mol. The standard InChI is InChI=1S/C13H21N3O/c1-4-16(5-2)13(14)15-10-11-6-8-12(17-3)9-7-11/h6-9H,4-5,10H2,1-3H3,(H2,14,15). The first kappa shape index (κ1) is 13.4. The number of hydrogen-bond donors (Lipinski definition) is 1. The highest BCUT2D eigenvalue weighted by Crippen LogP contribution is 2.11. The molecule has 0 heterocycles. The van der Waals surface area contributed by atoms with Crippen molar-refractivity contribution in [1.29, 1.82) is 0 Å². The maximum atomic E-state index is 5.89. The zero-order valence-electron chi connectivity index (χ0n) is 10.8. The average molecular weight is 235 g/mol. The Morgan fingerprint density at radius 3 is 2.29 bits per heavy atom. The number of nitrogens with two attached hydrogens (primary N) is 1. The van der Waals surface area contributed by atoms with Crippen molar-refractivity contribution >= 4 is 5.96 Å². The van der Waals surface area contributed by atoms with Crippen molar-refractivity contribution in [1.82, 2.24) is 4.90 Å². The predicted octanol–water partition coefficient (Wildman–Crippen LogP) is 1.85. The third kappa shape index (κ3) is 3.98. The molecule has 4 heteroatoms. The molecule has 0 unspecified atom stereocenters. The second kappa shape index (κ2) is 6.78. The molecule has 1 rings (SSSR count). The van der Waals surface area contributed by atoms with E-state index in [1.54, 1.807) is 7.11 Å². The van der Waals surface area contributed by atoms with Crippen molar-refractivity contribution in [3.05, 3.63) is 29.8 Å². The Labute approximate surface area is 103 Å².